The van der Waals surface area contributed by atoms with E-state index in [2.05, 4.69) is 22.5 Å². The number of anilines is 1. The summed E-state index contributed by atoms with van der Waals surface area (Å²) in [7, 11) is 1.74. The fourth-order valence-corrected chi connectivity index (χ4v) is 5.23. The lowest BCUT2D eigenvalue weighted by Gasteiger charge is -2.27. The predicted molar refractivity (Wildman–Crippen MR) is 133 cm³/mol. The Labute approximate surface area is 212 Å². The van der Waals surface area contributed by atoms with Crippen molar-refractivity contribution in [3.63, 3.8) is 0 Å². The summed E-state index contributed by atoms with van der Waals surface area (Å²) in [6.45, 7) is 5.79. The van der Waals surface area contributed by atoms with Crippen LogP contribution in [0.4, 0.5) is 10.1 Å². The Kier molecular flexibility index (Phi) is 6.10. The molecule has 0 saturated carbocycles. The highest BCUT2D eigenvalue weighted by Crippen LogP contribution is 2.46. The Morgan fingerprint density at radius 2 is 2.08 bits per heavy atom. The lowest BCUT2D eigenvalue weighted by atomic mass is 9.80. The van der Waals surface area contributed by atoms with Crippen molar-refractivity contribution in [2.45, 2.75) is 37.4 Å². The molecule has 1 spiro atoms. The Hall–Kier alpha value is -4.34. The smallest absolute Gasteiger partial charge is 0.290 e. The van der Waals surface area contributed by atoms with Crippen LogP contribution in [0.15, 0.2) is 59.1 Å². The first-order valence-electron chi connectivity index (χ1n) is 11.9. The molecular weight excluding hydrogens is 477 g/mol. The number of hydrogen-bond donors (Lipinski definition) is 2. The van der Waals surface area contributed by atoms with Crippen LogP contribution in [0.3, 0.4) is 0 Å². The number of carbonyl (C=O) groups is 3. The van der Waals surface area contributed by atoms with E-state index in [0.717, 1.165) is 11.3 Å². The molecule has 1 aromatic heterocycles. The number of benzene rings is 2. The van der Waals surface area contributed by atoms with Crippen molar-refractivity contribution in [2.24, 2.45) is 0 Å². The number of nitrogens with one attached hydrogen (secondary N) is 2. The molecule has 1 unspecified atom stereocenters. The van der Waals surface area contributed by atoms with Gasteiger partial charge in [-0.2, -0.15) is 0 Å². The van der Waals surface area contributed by atoms with Gasteiger partial charge >= 0.3 is 0 Å². The van der Waals surface area contributed by atoms with E-state index < -0.39 is 35.3 Å². The summed E-state index contributed by atoms with van der Waals surface area (Å²) < 4.78 is 20.6. The van der Waals surface area contributed by atoms with Gasteiger partial charge < -0.3 is 15.2 Å². The number of amides is 3. The fraction of sp³-hybridized carbons (Fsp3) is 0.296. The summed E-state index contributed by atoms with van der Waals surface area (Å²) in [6, 6.07) is 13.7. The van der Waals surface area contributed by atoms with Gasteiger partial charge in [-0.1, -0.05) is 35.5 Å². The predicted octanol–water partition coefficient (Wildman–Crippen LogP) is 2.25. The zero-order valence-corrected chi connectivity index (χ0v) is 20.5. The second-order valence-corrected chi connectivity index (χ2v) is 9.68. The summed E-state index contributed by atoms with van der Waals surface area (Å²) in [5.41, 5.74) is 1.65. The summed E-state index contributed by atoms with van der Waals surface area (Å²) in [4.78, 5) is 41.8. The standard InChI is InChI=1S/C27H26FN5O4/c1-16-11-22(37-31-16)24(34)29-21(13-17-7-6-8-18(28)12-17)25(35)33-15-27(14-23(33)32(2)3)19-9-4-5-10-20(19)30-26(27)36/h4-12,21,23H,2,13-15H2,1,3H3,(H-,29,30,34,36)/p+1/t21?,23-,27-/m0/s1. The number of nitrogens with zero attached hydrogens (tertiary/aromatic N) is 3. The van der Waals surface area contributed by atoms with Gasteiger partial charge in [0.05, 0.1) is 12.1 Å². The van der Waals surface area contributed by atoms with Crippen molar-refractivity contribution < 1.29 is 27.9 Å². The minimum atomic E-state index is -1.06. The van der Waals surface area contributed by atoms with E-state index in [1.54, 1.807) is 35.6 Å². The molecule has 2 aliphatic rings. The van der Waals surface area contributed by atoms with Crippen molar-refractivity contribution in [3.8, 4) is 0 Å². The van der Waals surface area contributed by atoms with Crippen LogP contribution in [-0.4, -0.2) is 64.9 Å². The number of rotatable bonds is 6. The van der Waals surface area contributed by atoms with Gasteiger partial charge in [-0.25, -0.2) is 8.97 Å². The molecule has 190 valence electrons. The van der Waals surface area contributed by atoms with E-state index in [0.29, 0.717) is 17.7 Å². The maximum atomic E-state index is 14.1. The Balaban J connectivity index is 1.49. The van der Waals surface area contributed by atoms with Crippen LogP contribution in [0.5, 0.6) is 0 Å². The van der Waals surface area contributed by atoms with Gasteiger partial charge in [-0.05, 0) is 36.2 Å². The maximum absolute atomic E-state index is 14.1. The largest absolute Gasteiger partial charge is 0.351 e. The molecule has 3 heterocycles. The summed E-state index contributed by atoms with van der Waals surface area (Å²) in [5.74, 6) is -1.70. The topological polar surface area (TPSA) is 108 Å². The molecule has 2 aliphatic heterocycles. The molecule has 3 amide bonds. The quantitative estimate of drug-likeness (QED) is 0.396. The molecule has 1 fully saturated rings. The third-order valence-corrected chi connectivity index (χ3v) is 7.03. The number of likely N-dealkylation sites (tertiary alicyclic amines) is 1. The van der Waals surface area contributed by atoms with E-state index in [-0.39, 0.29) is 24.6 Å². The van der Waals surface area contributed by atoms with Gasteiger partial charge in [0, 0.05) is 24.7 Å². The fourth-order valence-electron chi connectivity index (χ4n) is 5.23. The van der Waals surface area contributed by atoms with Crippen molar-refractivity contribution in [1.29, 1.82) is 0 Å². The number of aromatic nitrogens is 1. The van der Waals surface area contributed by atoms with Crippen molar-refractivity contribution in [3.05, 3.63) is 83.0 Å². The summed E-state index contributed by atoms with van der Waals surface area (Å²) >= 11 is 0. The van der Waals surface area contributed by atoms with E-state index in [1.165, 1.54) is 18.2 Å². The minimum Gasteiger partial charge on any atom is -0.351 e. The lowest BCUT2D eigenvalue weighted by Crippen LogP contribution is -2.53. The second kappa shape index (κ2) is 9.27. The van der Waals surface area contributed by atoms with E-state index in [4.69, 9.17) is 4.52 Å². The molecule has 5 rings (SSSR count). The molecule has 3 aromatic rings. The summed E-state index contributed by atoms with van der Waals surface area (Å²) in [5, 5.41) is 9.40. The molecular formula is C27H27FN5O4+. The lowest BCUT2D eigenvalue weighted by molar-refractivity contribution is -0.549. The molecule has 2 N–H and O–H groups in total. The molecule has 10 heteroatoms. The average Bonchev–Trinajstić information content (AvgIpc) is 3.55. The average molecular weight is 505 g/mol. The van der Waals surface area contributed by atoms with E-state index in [1.807, 2.05) is 24.3 Å². The highest BCUT2D eigenvalue weighted by molar-refractivity contribution is 6.07. The van der Waals surface area contributed by atoms with Crippen LogP contribution < -0.4 is 10.6 Å². The number of aryl methyl sites for hydroxylation is 1. The van der Waals surface area contributed by atoms with Gasteiger partial charge in [0.25, 0.3) is 11.8 Å². The molecule has 1 saturated heterocycles. The Morgan fingerprint density at radius 3 is 2.78 bits per heavy atom. The van der Waals surface area contributed by atoms with Crippen LogP contribution in [0.2, 0.25) is 0 Å². The third kappa shape index (κ3) is 4.39. The monoisotopic (exact) mass is 504 g/mol. The number of para-hydroxylation sites is 1. The minimum absolute atomic E-state index is 0.0370. The number of fused-ring (bicyclic) bond motifs is 2. The van der Waals surface area contributed by atoms with Gasteiger partial charge in [-0.15, -0.1) is 0 Å². The van der Waals surface area contributed by atoms with Gasteiger partial charge in [-0.3, -0.25) is 19.3 Å². The number of hydrogen-bond acceptors (Lipinski definition) is 5. The molecule has 0 aliphatic carbocycles. The summed E-state index contributed by atoms with van der Waals surface area (Å²) in [6.07, 6.45) is -0.136. The molecule has 3 atom stereocenters. The molecule has 9 nitrogen and oxygen atoms in total. The van der Waals surface area contributed by atoms with E-state index in [9.17, 15) is 18.8 Å². The zero-order chi connectivity index (χ0) is 26.3. The van der Waals surface area contributed by atoms with Gasteiger partial charge in [0.1, 0.15) is 31.0 Å². The maximum Gasteiger partial charge on any atom is 0.290 e. The Bertz CT molecular complexity index is 1420. The van der Waals surface area contributed by atoms with Crippen molar-refractivity contribution in [1.82, 2.24) is 15.4 Å². The first-order valence-corrected chi connectivity index (χ1v) is 11.9. The first-order chi connectivity index (χ1) is 17.7. The normalized spacial score (nSPS) is 21.0. The van der Waals surface area contributed by atoms with E-state index >= 15 is 0 Å². The highest BCUT2D eigenvalue weighted by atomic mass is 19.1. The zero-order valence-electron chi connectivity index (χ0n) is 20.5. The third-order valence-electron chi connectivity index (χ3n) is 7.03. The van der Waals surface area contributed by atoms with Crippen molar-refractivity contribution in [2.75, 3.05) is 18.9 Å². The Morgan fingerprint density at radius 1 is 1.30 bits per heavy atom. The first kappa shape index (κ1) is 24.4. The number of halogens is 1. The van der Waals surface area contributed by atoms with Gasteiger partial charge in [0.15, 0.2) is 0 Å². The van der Waals surface area contributed by atoms with Crippen LogP contribution in [-0.2, 0) is 21.4 Å². The van der Waals surface area contributed by atoms with Crippen molar-refractivity contribution >= 4 is 30.1 Å². The second-order valence-electron chi connectivity index (χ2n) is 9.68. The van der Waals surface area contributed by atoms with Crippen LogP contribution in [0.25, 0.3) is 0 Å². The molecule has 37 heavy (non-hydrogen) atoms. The number of carbonyl (C=O) groups excluding carboxylic acids is 3. The van der Waals surface area contributed by atoms with Crippen LogP contribution >= 0.6 is 0 Å². The molecule has 0 bridgehead atoms. The van der Waals surface area contributed by atoms with Gasteiger partial charge in [0.2, 0.25) is 17.8 Å². The SMILES string of the molecule is C=[N+](C)[C@@H]1C[C@@]2(CN1C(=O)C(Cc1cccc(F)c1)NC(=O)c1cc(C)no1)C(=O)Nc1ccccc12. The molecule has 0 radical (unpaired) electrons. The molecule has 2 aromatic carbocycles. The highest BCUT2D eigenvalue weighted by Gasteiger charge is 2.59. The van der Waals surface area contributed by atoms with Crippen LogP contribution in [0, 0.1) is 12.7 Å². The van der Waals surface area contributed by atoms with Crippen LogP contribution in [0.1, 0.15) is 33.8 Å².